The van der Waals surface area contributed by atoms with Gasteiger partial charge in [-0.1, -0.05) is 33.6 Å². The highest BCUT2D eigenvalue weighted by Crippen LogP contribution is 2.15. The van der Waals surface area contributed by atoms with Gasteiger partial charge < -0.3 is 4.90 Å². The fourth-order valence-corrected chi connectivity index (χ4v) is 1.51. The number of hydrogen-bond acceptors (Lipinski definition) is 1. The van der Waals surface area contributed by atoms with Crippen molar-refractivity contribution in [2.24, 2.45) is 11.8 Å². The third-order valence-corrected chi connectivity index (χ3v) is 2.35. The van der Waals surface area contributed by atoms with Crippen LogP contribution in [0.4, 0.5) is 0 Å². The predicted molar refractivity (Wildman–Crippen MR) is 56.4 cm³/mol. The zero-order valence-electron chi connectivity index (χ0n) is 9.43. The van der Waals surface area contributed by atoms with Crippen molar-refractivity contribution in [1.82, 2.24) is 4.90 Å². The first kappa shape index (κ1) is 12.0. The molecule has 0 heterocycles. The van der Waals surface area contributed by atoms with Gasteiger partial charge in [-0.15, -0.1) is 0 Å². The van der Waals surface area contributed by atoms with E-state index in [0.29, 0.717) is 0 Å². The SMILES string of the molecule is CCC(CCC(C)C)CN(C)C. The zero-order valence-corrected chi connectivity index (χ0v) is 9.43. The van der Waals surface area contributed by atoms with Crippen LogP contribution >= 0.6 is 0 Å². The van der Waals surface area contributed by atoms with Gasteiger partial charge in [-0.05, 0) is 32.4 Å². The van der Waals surface area contributed by atoms with Crippen molar-refractivity contribution in [3.8, 4) is 0 Å². The molecule has 0 saturated carbocycles. The average molecular weight is 171 g/mol. The molecule has 0 radical (unpaired) electrons. The fourth-order valence-electron chi connectivity index (χ4n) is 1.51. The van der Waals surface area contributed by atoms with E-state index in [1.807, 2.05) is 0 Å². The van der Waals surface area contributed by atoms with Crippen LogP contribution in [0.3, 0.4) is 0 Å². The van der Waals surface area contributed by atoms with Crippen molar-refractivity contribution in [2.75, 3.05) is 20.6 Å². The topological polar surface area (TPSA) is 3.24 Å². The van der Waals surface area contributed by atoms with E-state index in [4.69, 9.17) is 0 Å². The van der Waals surface area contributed by atoms with Gasteiger partial charge >= 0.3 is 0 Å². The molecule has 1 heteroatoms. The maximum Gasteiger partial charge on any atom is 0.000346 e. The summed E-state index contributed by atoms with van der Waals surface area (Å²) < 4.78 is 0. The van der Waals surface area contributed by atoms with Gasteiger partial charge in [-0.25, -0.2) is 0 Å². The largest absolute Gasteiger partial charge is 0.309 e. The highest BCUT2D eigenvalue weighted by Gasteiger charge is 2.07. The Morgan fingerprint density at radius 3 is 2.00 bits per heavy atom. The van der Waals surface area contributed by atoms with Gasteiger partial charge in [0.1, 0.15) is 0 Å². The molecule has 0 fully saturated rings. The number of rotatable bonds is 6. The van der Waals surface area contributed by atoms with Crippen LogP contribution in [0.2, 0.25) is 0 Å². The molecular formula is C11H25N. The molecule has 0 aromatic rings. The minimum atomic E-state index is 0.862. The normalized spacial score (nSPS) is 14.2. The summed E-state index contributed by atoms with van der Waals surface area (Å²) in [6, 6.07) is 0. The quantitative estimate of drug-likeness (QED) is 0.594. The van der Waals surface area contributed by atoms with E-state index >= 15 is 0 Å². The summed E-state index contributed by atoms with van der Waals surface area (Å²) in [5.41, 5.74) is 0. The van der Waals surface area contributed by atoms with Crippen LogP contribution in [0.25, 0.3) is 0 Å². The van der Waals surface area contributed by atoms with Gasteiger partial charge in [0.05, 0.1) is 0 Å². The molecule has 74 valence electrons. The highest BCUT2D eigenvalue weighted by molar-refractivity contribution is 4.61. The van der Waals surface area contributed by atoms with Crippen LogP contribution in [0, 0.1) is 11.8 Å². The molecule has 0 spiro atoms. The molecule has 0 rings (SSSR count). The van der Waals surface area contributed by atoms with Crippen molar-refractivity contribution < 1.29 is 0 Å². The van der Waals surface area contributed by atoms with Crippen molar-refractivity contribution in [2.45, 2.75) is 40.0 Å². The molecule has 0 aliphatic heterocycles. The lowest BCUT2D eigenvalue weighted by Gasteiger charge is -2.20. The molecule has 0 aliphatic rings. The lowest BCUT2D eigenvalue weighted by molar-refractivity contribution is 0.292. The molecule has 1 nitrogen and oxygen atoms in total. The van der Waals surface area contributed by atoms with Crippen LogP contribution in [-0.2, 0) is 0 Å². The van der Waals surface area contributed by atoms with Gasteiger partial charge in [0.15, 0.2) is 0 Å². The Kier molecular flexibility index (Phi) is 6.45. The van der Waals surface area contributed by atoms with Gasteiger partial charge in [0.25, 0.3) is 0 Å². The van der Waals surface area contributed by atoms with Crippen LogP contribution in [0.5, 0.6) is 0 Å². The molecule has 0 amide bonds. The second-order valence-electron chi connectivity index (χ2n) is 4.51. The monoisotopic (exact) mass is 171 g/mol. The summed E-state index contributed by atoms with van der Waals surface area (Å²) in [6.45, 7) is 8.17. The van der Waals surface area contributed by atoms with Crippen molar-refractivity contribution >= 4 is 0 Å². The molecule has 1 atom stereocenters. The maximum absolute atomic E-state index is 2.31. The number of hydrogen-bond donors (Lipinski definition) is 0. The lowest BCUT2D eigenvalue weighted by atomic mass is 9.95. The van der Waals surface area contributed by atoms with Crippen LogP contribution in [0.15, 0.2) is 0 Å². The standard InChI is InChI=1S/C11H25N/c1-6-11(9-12(4)5)8-7-10(2)3/h10-11H,6-9H2,1-5H3. The summed E-state index contributed by atoms with van der Waals surface area (Å²) in [5.74, 6) is 1.77. The van der Waals surface area contributed by atoms with Crippen LogP contribution < -0.4 is 0 Å². The van der Waals surface area contributed by atoms with E-state index in [9.17, 15) is 0 Å². The Labute approximate surface area is 78.1 Å². The van der Waals surface area contributed by atoms with Gasteiger partial charge in [-0.3, -0.25) is 0 Å². The Morgan fingerprint density at radius 2 is 1.67 bits per heavy atom. The Balaban J connectivity index is 3.53. The fraction of sp³-hybridized carbons (Fsp3) is 1.00. The van der Waals surface area contributed by atoms with E-state index < -0.39 is 0 Å². The number of nitrogens with zero attached hydrogens (tertiary/aromatic N) is 1. The smallest absolute Gasteiger partial charge is 0.000346 e. The van der Waals surface area contributed by atoms with Gasteiger partial charge in [-0.2, -0.15) is 0 Å². The molecular weight excluding hydrogens is 146 g/mol. The van der Waals surface area contributed by atoms with Crippen molar-refractivity contribution in [3.05, 3.63) is 0 Å². The van der Waals surface area contributed by atoms with Gasteiger partial charge in [0.2, 0.25) is 0 Å². The molecule has 0 aromatic heterocycles. The summed E-state index contributed by atoms with van der Waals surface area (Å²) in [4.78, 5) is 2.30. The summed E-state index contributed by atoms with van der Waals surface area (Å²) in [6.07, 6.45) is 4.10. The molecule has 1 unspecified atom stereocenters. The first-order valence-electron chi connectivity index (χ1n) is 5.21. The first-order chi connectivity index (χ1) is 5.56. The molecule has 0 saturated heterocycles. The van der Waals surface area contributed by atoms with E-state index in [1.54, 1.807) is 0 Å². The van der Waals surface area contributed by atoms with Gasteiger partial charge in [0, 0.05) is 6.54 Å². The molecule has 12 heavy (non-hydrogen) atoms. The summed E-state index contributed by atoms with van der Waals surface area (Å²) in [7, 11) is 4.33. The molecule has 0 aliphatic carbocycles. The van der Waals surface area contributed by atoms with Crippen molar-refractivity contribution in [1.29, 1.82) is 0 Å². The van der Waals surface area contributed by atoms with E-state index in [0.717, 1.165) is 11.8 Å². The average Bonchev–Trinajstić information content (AvgIpc) is 1.97. The Hall–Kier alpha value is -0.0400. The zero-order chi connectivity index (χ0) is 9.56. The van der Waals surface area contributed by atoms with Crippen molar-refractivity contribution in [3.63, 3.8) is 0 Å². The van der Waals surface area contributed by atoms with E-state index in [-0.39, 0.29) is 0 Å². The van der Waals surface area contributed by atoms with Crippen LogP contribution in [0.1, 0.15) is 40.0 Å². The summed E-state index contributed by atoms with van der Waals surface area (Å²) >= 11 is 0. The highest BCUT2D eigenvalue weighted by atomic mass is 15.1. The van der Waals surface area contributed by atoms with E-state index in [1.165, 1.54) is 25.8 Å². The Bertz CT molecular complexity index is 97.2. The molecule has 0 N–H and O–H groups in total. The predicted octanol–water partition coefficient (Wildman–Crippen LogP) is 3.01. The van der Waals surface area contributed by atoms with Crippen LogP contribution in [-0.4, -0.2) is 25.5 Å². The minimum Gasteiger partial charge on any atom is -0.309 e. The maximum atomic E-state index is 2.31. The molecule has 0 aromatic carbocycles. The summed E-state index contributed by atoms with van der Waals surface area (Å²) in [5, 5.41) is 0. The van der Waals surface area contributed by atoms with E-state index in [2.05, 4.69) is 39.8 Å². The molecule has 0 bridgehead atoms. The lowest BCUT2D eigenvalue weighted by Crippen LogP contribution is -2.21. The third-order valence-electron chi connectivity index (χ3n) is 2.35. The second-order valence-corrected chi connectivity index (χ2v) is 4.51. The second kappa shape index (κ2) is 6.47. The first-order valence-corrected chi connectivity index (χ1v) is 5.21. The third kappa shape index (κ3) is 6.66. The Morgan fingerprint density at radius 1 is 1.08 bits per heavy atom. The minimum absolute atomic E-state index is 0.862.